The fourth-order valence-corrected chi connectivity index (χ4v) is 1.91. The summed E-state index contributed by atoms with van der Waals surface area (Å²) < 4.78 is 30.7. The van der Waals surface area contributed by atoms with Crippen LogP contribution in [0, 0.1) is 17.0 Å². The maximum atomic E-state index is 12.6. The van der Waals surface area contributed by atoms with Crippen molar-refractivity contribution in [3.8, 4) is 0 Å². The second kappa shape index (κ2) is 6.29. The van der Waals surface area contributed by atoms with E-state index in [9.17, 15) is 23.7 Å². The van der Waals surface area contributed by atoms with Crippen molar-refractivity contribution in [1.29, 1.82) is 0 Å². The highest BCUT2D eigenvalue weighted by Gasteiger charge is 2.24. The van der Waals surface area contributed by atoms with Crippen LogP contribution in [0.5, 0.6) is 0 Å². The molecule has 2 rings (SSSR count). The summed E-state index contributed by atoms with van der Waals surface area (Å²) >= 11 is 0. The molecule has 0 fully saturated rings. The molecule has 0 atom stereocenters. The van der Waals surface area contributed by atoms with E-state index in [-0.39, 0.29) is 11.4 Å². The summed E-state index contributed by atoms with van der Waals surface area (Å²) in [7, 11) is 0. The number of rotatable bonds is 5. The van der Waals surface area contributed by atoms with Gasteiger partial charge in [-0.1, -0.05) is 12.1 Å². The highest BCUT2D eigenvalue weighted by molar-refractivity contribution is 5.95. The number of esters is 1. The van der Waals surface area contributed by atoms with Crippen LogP contribution in [0.2, 0.25) is 0 Å². The van der Waals surface area contributed by atoms with Crippen LogP contribution in [0.1, 0.15) is 28.3 Å². The van der Waals surface area contributed by atoms with Gasteiger partial charge in [0.05, 0.1) is 4.92 Å². The van der Waals surface area contributed by atoms with Gasteiger partial charge in [-0.2, -0.15) is 8.78 Å². The molecule has 0 radical (unpaired) electrons. The third-order valence-electron chi connectivity index (χ3n) is 2.94. The number of benzene rings is 1. The SMILES string of the molecule is Cc1cccc([N+](=O)[O-])c1C(=O)OCc1nccn1C(F)F. The van der Waals surface area contributed by atoms with Crippen molar-refractivity contribution in [2.45, 2.75) is 20.1 Å². The molecule has 0 unspecified atom stereocenters. The number of ether oxygens (including phenoxy) is 1. The van der Waals surface area contributed by atoms with Crippen LogP contribution >= 0.6 is 0 Å². The van der Waals surface area contributed by atoms with E-state index >= 15 is 0 Å². The van der Waals surface area contributed by atoms with Gasteiger partial charge < -0.3 is 4.74 Å². The Bertz CT molecular complexity index is 715. The average Bonchev–Trinajstić information content (AvgIpc) is 2.93. The Morgan fingerprint density at radius 1 is 1.50 bits per heavy atom. The first-order chi connectivity index (χ1) is 10.4. The van der Waals surface area contributed by atoms with Crippen LogP contribution in [0.15, 0.2) is 30.6 Å². The number of carbonyl (C=O) groups excluding carboxylic acids is 1. The van der Waals surface area contributed by atoms with Crippen molar-refractivity contribution in [2.75, 3.05) is 0 Å². The van der Waals surface area contributed by atoms with Crippen LogP contribution < -0.4 is 0 Å². The zero-order chi connectivity index (χ0) is 16.3. The van der Waals surface area contributed by atoms with E-state index in [2.05, 4.69) is 4.98 Å². The van der Waals surface area contributed by atoms with Crippen molar-refractivity contribution in [3.05, 3.63) is 57.7 Å². The van der Waals surface area contributed by atoms with E-state index < -0.39 is 29.7 Å². The summed E-state index contributed by atoms with van der Waals surface area (Å²) in [5.74, 6) is -1.12. The highest BCUT2D eigenvalue weighted by Crippen LogP contribution is 2.23. The van der Waals surface area contributed by atoms with E-state index in [1.165, 1.54) is 25.1 Å². The Morgan fingerprint density at radius 3 is 2.86 bits per heavy atom. The summed E-state index contributed by atoms with van der Waals surface area (Å²) in [6, 6.07) is 4.13. The number of nitrogens with zero attached hydrogens (tertiary/aromatic N) is 3. The Balaban J connectivity index is 2.20. The number of hydrogen-bond donors (Lipinski definition) is 0. The molecule has 0 amide bonds. The fourth-order valence-electron chi connectivity index (χ4n) is 1.91. The molecule has 7 nitrogen and oxygen atoms in total. The van der Waals surface area contributed by atoms with Gasteiger partial charge in [0.1, 0.15) is 12.2 Å². The molecule has 0 saturated heterocycles. The number of nitro benzene ring substituents is 1. The van der Waals surface area contributed by atoms with E-state index in [4.69, 9.17) is 4.74 Å². The third-order valence-corrected chi connectivity index (χ3v) is 2.94. The van der Waals surface area contributed by atoms with Crippen LogP contribution in [-0.4, -0.2) is 20.4 Å². The Hall–Kier alpha value is -2.84. The van der Waals surface area contributed by atoms with Gasteiger partial charge in [-0.25, -0.2) is 9.78 Å². The van der Waals surface area contributed by atoms with E-state index in [0.29, 0.717) is 10.1 Å². The van der Waals surface area contributed by atoms with Gasteiger partial charge in [-0.3, -0.25) is 14.7 Å². The lowest BCUT2D eigenvalue weighted by Gasteiger charge is -2.09. The van der Waals surface area contributed by atoms with Crippen molar-refractivity contribution >= 4 is 11.7 Å². The number of halogens is 2. The molecule has 0 aliphatic heterocycles. The molecule has 9 heteroatoms. The van der Waals surface area contributed by atoms with Crippen molar-refractivity contribution < 1.29 is 23.2 Å². The maximum absolute atomic E-state index is 12.6. The topological polar surface area (TPSA) is 87.3 Å². The first kappa shape index (κ1) is 15.5. The van der Waals surface area contributed by atoms with Gasteiger partial charge in [0.25, 0.3) is 5.69 Å². The zero-order valence-electron chi connectivity index (χ0n) is 11.4. The zero-order valence-corrected chi connectivity index (χ0v) is 11.4. The molecule has 116 valence electrons. The van der Waals surface area contributed by atoms with Crippen LogP contribution in [-0.2, 0) is 11.3 Å². The van der Waals surface area contributed by atoms with Gasteiger partial charge in [0, 0.05) is 18.5 Å². The summed E-state index contributed by atoms with van der Waals surface area (Å²) in [4.78, 5) is 25.9. The third kappa shape index (κ3) is 3.08. The summed E-state index contributed by atoms with van der Waals surface area (Å²) in [5.41, 5.74) is -0.249. The second-order valence-electron chi connectivity index (χ2n) is 4.33. The van der Waals surface area contributed by atoms with Gasteiger partial charge >= 0.3 is 12.5 Å². The number of nitro groups is 1. The van der Waals surface area contributed by atoms with Crippen molar-refractivity contribution in [2.24, 2.45) is 0 Å². The van der Waals surface area contributed by atoms with E-state index in [0.717, 1.165) is 12.4 Å². The van der Waals surface area contributed by atoms with Gasteiger partial charge in [-0.15, -0.1) is 0 Å². The number of imidazole rings is 1. The molecule has 0 N–H and O–H groups in total. The maximum Gasteiger partial charge on any atom is 0.345 e. The molecule has 22 heavy (non-hydrogen) atoms. The number of carbonyl (C=O) groups is 1. The molecule has 1 aromatic heterocycles. The molecule has 0 spiro atoms. The first-order valence-electron chi connectivity index (χ1n) is 6.12. The largest absolute Gasteiger partial charge is 0.454 e. The standard InChI is InChI=1S/C13H11F2N3O4/c1-8-3-2-4-9(18(20)21)11(8)12(19)22-7-10-16-5-6-17(10)13(14)15/h2-6,13H,7H2,1H3. The van der Waals surface area contributed by atoms with Crippen molar-refractivity contribution in [3.63, 3.8) is 0 Å². The predicted octanol–water partition coefficient (Wildman–Crippen LogP) is 2.85. The van der Waals surface area contributed by atoms with Gasteiger partial charge in [0.15, 0.2) is 5.82 Å². The molecule has 0 bridgehead atoms. The van der Waals surface area contributed by atoms with Crippen molar-refractivity contribution in [1.82, 2.24) is 9.55 Å². The smallest absolute Gasteiger partial charge is 0.345 e. The summed E-state index contributed by atoms with van der Waals surface area (Å²) in [6.45, 7) is -1.81. The fraction of sp³-hybridized carbons (Fsp3) is 0.231. The lowest BCUT2D eigenvalue weighted by molar-refractivity contribution is -0.385. The monoisotopic (exact) mass is 311 g/mol. The summed E-state index contributed by atoms with van der Waals surface area (Å²) in [6.07, 6.45) is 2.19. The van der Waals surface area contributed by atoms with Crippen LogP contribution in [0.25, 0.3) is 0 Å². The van der Waals surface area contributed by atoms with Gasteiger partial charge in [-0.05, 0) is 12.5 Å². The molecule has 1 heterocycles. The molecular weight excluding hydrogens is 300 g/mol. The predicted molar refractivity (Wildman–Crippen MR) is 70.4 cm³/mol. The van der Waals surface area contributed by atoms with E-state index in [1.54, 1.807) is 0 Å². The minimum atomic E-state index is -2.82. The molecule has 0 saturated carbocycles. The van der Waals surface area contributed by atoms with Crippen LogP contribution in [0.4, 0.5) is 14.5 Å². The Kier molecular flexibility index (Phi) is 4.44. The average molecular weight is 311 g/mol. The molecule has 1 aromatic carbocycles. The quantitative estimate of drug-likeness (QED) is 0.481. The Labute approximate surface area is 123 Å². The number of alkyl halides is 2. The van der Waals surface area contributed by atoms with Crippen LogP contribution in [0.3, 0.4) is 0 Å². The summed E-state index contributed by atoms with van der Waals surface area (Å²) in [5, 5.41) is 10.9. The number of hydrogen-bond acceptors (Lipinski definition) is 5. The first-order valence-corrected chi connectivity index (χ1v) is 6.12. The number of aryl methyl sites for hydroxylation is 1. The second-order valence-corrected chi connectivity index (χ2v) is 4.33. The van der Waals surface area contributed by atoms with E-state index in [1.807, 2.05) is 0 Å². The molecule has 2 aromatic rings. The highest BCUT2D eigenvalue weighted by atomic mass is 19.3. The Morgan fingerprint density at radius 2 is 2.23 bits per heavy atom. The lowest BCUT2D eigenvalue weighted by Crippen LogP contribution is -2.13. The molecule has 0 aliphatic rings. The normalized spacial score (nSPS) is 10.7. The number of aromatic nitrogens is 2. The minimum absolute atomic E-state index is 0.153. The minimum Gasteiger partial charge on any atom is -0.454 e. The lowest BCUT2D eigenvalue weighted by atomic mass is 10.1. The molecular formula is C13H11F2N3O4. The van der Waals surface area contributed by atoms with Gasteiger partial charge in [0.2, 0.25) is 0 Å². The molecule has 0 aliphatic carbocycles.